The average molecular weight is 352 g/mol. The average Bonchev–Trinajstić information content (AvgIpc) is 3.22. The maximum atomic E-state index is 12.9. The van der Waals surface area contributed by atoms with E-state index in [1.807, 2.05) is 36.1 Å². The van der Waals surface area contributed by atoms with Crippen molar-refractivity contribution in [1.82, 2.24) is 19.3 Å². The van der Waals surface area contributed by atoms with Gasteiger partial charge in [-0.1, -0.05) is 12.1 Å². The Balaban J connectivity index is 1.66. The lowest BCUT2D eigenvalue weighted by Gasteiger charge is -2.07. The molecule has 0 radical (unpaired) electrons. The molecular weight excluding hydrogens is 336 g/mol. The number of sulfone groups is 1. The zero-order valence-corrected chi connectivity index (χ0v) is 14.4. The maximum absolute atomic E-state index is 12.9. The molecular formula is C18H16N4O2S. The van der Waals surface area contributed by atoms with Gasteiger partial charge in [0.05, 0.1) is 21.6 Å². The third-order valence-corrected chi connectivity index (χ3v) is 5.83. The lowest BCUT2D eigenvalue weighted by molar-refractivity contribution is 0.596. The van der Waals surface area contributed by atoms with E-state index >= 15 is 0 Å². The number of fused-ring (bicyclic) bond motifs is 1. The Bertz CT molecular complexity index is 1130. The van der Waals surface area contributed by atoms with Crippen molar-refractivity contribution in [3.63, 3.8) is 0 Å². The van der Waals surface area contributed by atoms with Gasteiger partial charge in [0.25, 0.3) is 0 Å². The molecule has 6 nitrogen and oxygen atoms in total. The molecule has 25 heavy (non-hydrogen) atoms. The first-order valence-corrected chi connectivity index (χ1v) is 9.24. The highest BCUT2D eigenvalue weighted by atomic mass is 32.2. The second-order valence-corrected chi connectivity index (χ2v) is 7.86. The quantitative estimate of drug-likeness (QED) is 0.566. The van der Waals surface area contributed by atoms with Crippen molar-refractivity contribution >= 4 is 20.7 Å². The van der Waals surface area contributed by atoms with E-state index in [1.165, 1.54) is 0 Å². The number of imidazole rings is 1. The van der Waals surface area contributed by atoms with Gasteiger partial charge in [0.2, 0.25) is 9.84 Å². The third-order valence-electron chi connectivity index (χ3n) is 4.06. The fourth-order valence-electron chi connectivity index (χ4n) is 2.80. The topological polar surface area (TPSA) is 69.8 Å². The summed E-state index contributed by atoms with van der Waals surface area (Å²) in [7, 11) is -1.74. The van der Waals surface area contributed by atoms with Crippen LogP contribution in [0.1, 0.15) is 5.56 Å². The number of aromatic nitrogens is 4. The van der Waals surface area contributed by atoms with Gasteiger partial charge in [0, 0.05) is 37.6 Å². The minimum Gasteiger partial charge on any atom is -0.333 e. The van der Waals surface area contributed by atoms with Gasteiger partial charge in [0.1, 0.15) is 0 Å². The zero-order valence-electron chi connectivity index (χ0n) is 13.6. The Morgan fingerprint density at radius 2 is 1.80 bits per heavy atom. The molecule has 0 amide bonds. The van der Waals surface area contributed by atoms with E-state index in [0.717, 1.165) is 16.5 Å². The molecule has 4 aromatic rings. The van der Waals surface area contributed by atoms with Crippen molar-refractivity contribution in [2.45, 2.75) is 16.3 Å². The molecule has 0 aliphatic rings. The van der Waals surface area contributed by atoms with E-state index in [1.54, 1.807) is 47.5 Å². The van der Waals surface area contributed by atoms with E-state index in [-0.39, 0.29) is 9.79 Å². The molecule has 0 aliphatic heterocycles. The van der Waals surface area contributed by atoms with Crippen molar-refractivity contribution in [3.05, 3.63) is 72.9 Å². The monoisotopic (exact) mass is 352 g/mol. The molecule has 0 aliphatic carbocycles. The molecule has 0 bridgehead atoms. The van der Waals surface area contributed by atoms with E-state index in [9.17, 15) is 8.42 Å². The maximum Gasteiger partial charge on any atom is 0.206 e. The Hall–Kier alpha value is -2.93. The van der Waals surface area contributed by atoms with Gasteiger partial charge < -0.3 is 4.57 Å². The molecule has 0 saturated carbocycles. The van der Waals surface area contributed by atoms with Crippen LogP contribution < -0.4 is 0 Å². The minimum atomic E-state index is -3.56. The summed E-state index contributed by atoms with van der Waals surface area (Å²) in [4.78, 5) is 4.56. The Kier molecular flexibility index (Phi) is 3.65. The molecule has 0 unspecified atom stereocenters. The summed E-state index contributed by atoms with van der Waals surface area (Å²) in [5.41, 5.74) is 1.79. The highest BCUT2D eigenvalue weighted by Gasteiger charge is 2.18. The molecule has 0 fully saturated rings. The summed E-state index contributed by atoms with van der Waals surface area (Å²) in [5, 5.41) is 5.08. The number of nitrogens with zero attached hydrogens (tertiary/aromatic N) is 4. The van der Waals surface area contributed by atoms with Crippen LogP contribution in [0.15, 0.2) is 77.2 Å². The smallest absolute Gasteiger partial charge is 0.206 e. The van der Waals surface area contributed by atoms with Crippen LogP contribution in [0, 0.1) is 0 Å². The second kappa shape index (κ2) is 5.86. The first-order chi connectivity index (χ1) is 12.0. The number of rotatable bonds is 4. The van der Waals surface area contributed by atoms with Crippen LogP contribution in [0.25, 0.3) is 10.9 Å². The minimum absolute atomic E-state index is 0.273. The number of benzene rings is 2. The first-order valence-electron chi connectivity index (χ1n) is 7.75. The van der Waals surface area contributed by atoms with Crippen molar-refractivity contribution in [1.29, 1.82) is 0 Å². The summed E-state index contributed by atoms with van der Waals surface area (Å²) >= 11 is 0. The predicted molar refractivity (Wildman–Crippen MR) is 93.9 cm³/mol. The Morgan fingerprint density at radius 1 is 1.04 bits per heavy atom. The van der Waals surface area contributed by atoms with Crippen LogP contribution >= 0.6 is 0 Å². The largest absolute Gasteiger partial charge is 0.333 e. The van der Waals surface area contributed by atoms with Crippen molar-refractivity contribution in [2.24, 2.45) is 7.05 Å². The van der Waals surface area contributed by atoms with E-state index in [0.29, 0.717) is 6.54 Å². The van der Waals surface area contributed by atoms with Gasteiger partial charge >= 0.3 is 0 Å². The SMILES string of the molecule is Cn1cc2cc(S(=O)(=O)c3ccc(Cn4ccnc4)cc3)ccc2n1. The molecule has 126 valence electrons. The zero-order chi connectivity index (χ0) is 17.4. The van der Waals surface area contributed by atoms with E-state index in [2.05, 4.69) is 10.1 Å². The summed E-state index contributed by atoms with van der Waals surface area (Å²) < 4.78 is 29.3. The van der Waals surface area contributed by atoms with Gasteiger partial charge in [-0.2, -0.15) is 5.10 Å². The molecule has 0 N–H and O–H groups in total. The molecule has 4 rings (SSSR count). The van der Waals surface area contributed by atoms with Crippen LogP contribution in [-0.2, 0) is 23.4 Å². The Morgan fingerprint density at radius 3 is 2.52 bits per heavy atom. The van der Waals surface area contributed by atoms with Crippen LogP contribution in [0.2, 0.25) is 0 Å². The van der Waals surface area contributed by atoms with Crippen LogP contribution in [-0.4, -0.2) is 27.7 Å². The van der Waals surface area contributed by atoms with Crippen molar-refractivity contribution in [3.8, 4) is 0 Å². The van der Waals surface area contributed by atoms with Crippen LogP contribution in [0.3, 0.4) is 0 Å². The number of hydrogen-bond acceptors (Lipinski definition) is 4. The summed E-state index contributed by atoms with van der Waals surface area (Å²) in [5.74, 6) is 0. The van der Waals surface area contributed by atoms with Crippen molar-refractivity contribution < 1.29 is 8.42 Å². The molecule has 0 atom stereocenters. The molecule has 2 heterocycles. The van der Waals surface area contributed by atoms with Gasteiger partial charge in [-0.05, 0) is 35.9 Å². The highest BCUT2D eigenvalue weighted by Crippen LogP contribution is 2.24. The van der Waals surface area contributed by atoms with Gasteiger partial charge in [-0.15, -0.1) is 0 Å². The van der Waals surface area contributed by atoms with E-state index < -0.39 is 9.84 Å². The number of aryl methyl sites for hydroxylation is 1. The second-order valence-electron chi connectivity index (χ2n) is 5.91. The van der Waals surface area contributed by atoms with Gasteiger partial charge in [0.15, 0.2) is 0 Å². The molecule has 2 aromatic heterocycles. The fourth-order valence-corrected chi connectivity index (χ4v) is 4.09. The lowest BCUT2D eigenvalue weighted by atomic mass is 10.2. The third kappa shape index (κ3) is 2.94. The first kappa shape index (κ1) is 15.6. The van der Waals surface area contributed by atoms with Crippen LogP contribution in [0.4, 0.5) is 0 Å². The summed E-state index contributed by atoms with van der Waals surface area (Å²) in [6.07, 6.45) is 7.12. The molecule has 0 saturated heterocycles. The van der Waals surface area contributed by atoms with Crippen LogP contribution in [0.5, 0.6) is 0 Å². The summed E-state index contributed by atoms with van der Waals surface area (Å²) in [6, 6.07) is 12.0. The normalized spacial score (nSPS) is 11.9. The summed E-state index contributed by atoms with van der Waals surface area (Å²) in [6.45, 7) is 0.655. The van der Waals surface area contributed by atoms with Gasteiger partial charge in [-0.25, -0.2) is 13.4 Å². The standard InChI is InChI=1S/C18H16N4O2S/c1-21-12-15-10-17(6-7-18(15)20-21)25(23,24)16-4-2-14(3-5-16)11-22-9-8-19-13-22/h2-10,12-13H,11H2,1H3. The Labute approximate surface area is 145 Å². The fraction of sp³-hybridized carbons (Fsp3) is 0.111. The van der Waals surface area contributed by atoms with Gasteiger partial charge in [-0.3, -0.25) is 4.68 Å². The number of hydrogen-bond donors (Lipinski definition) is 0. The lowest BCUT2D eigenvalue weighted by Crippen LogP contribution is -2.03. The van der Waals surface area contributed by atoms with E-state index in [4.69, 9.17) is 0 Å². The molecule has 2 aromatic carbocycles. The predicted octanol–water partition coefficient (Wildman–Crippen LogP) is 2.65. The molecule has 0 spiro atoms. The highest BCUT2D eigenvalue weighted by molar-refractivity contribution is 7.91. The van der Waals surface area contributed by atoms with Crippen molar-refractivity contribution in [2.75, 3.05) is 0 Å². The molecule has 7 heteroatoms.